The smallest absolute Gasteiger partial charge is 0.216 e. The molecule has 0 aliphatic heterocycles. The van der Waals surface area contributed by atoms with Gasteiger partial charge in [0.25, 0.3) is 0 Å². The van der Waals surface area contributed by atoms with E-state index in [1.165, 1.54) is 0 Å². The fourth-order valence-electron chi connectivity index (χ4n) is 2.38. The van der Waals surface area contributed by atoms with Gasteiger partial charge in [-0.1, -0.05) is 32.4 Å². The molecule has 0 amide bonds. The van der Waals surface area contributed by atoms with Gasteiger partial charge in [-0.25, -0.2) is 0 Å². The van der Waals surface area contributed by atoms with Gasteiger partial charge >= 0.3 is 0 Å². The summed E-state index contributed by atoms with van der Waals surface area (Å²) >= 11 is 11.5. The first-order chi connectivity index (χ1) is 11.6. The predicted molar refractivity (Wildman–Crippen MR) is 101 cm³/mol. The van der Waals surface area contributed by atoms with Crippen molar-refractivity contribution in [3.63, 3.8) is 0 Å². The number of aromatic amines is 1. The zero-order valence-corrected chi connectivity index (χ0v) is 15.8. The third-order valence-electron chi connectivity index (χ3n) is 3.77. The van der Waals surface area contributed by atoms with Crippen LogP contribution in [-0.2, 0) is 0 Å². The van der Waals surface area contributed by atoms with Crippen LogP contribution < -0.4 is 4.74 Å². The quantitative estimate of drug-likeness (QED) is 0.518. The number of H-pyrrole nitrogens is 1. The highest BCUT2D eigenvalue weighted by atomic mass is 35.5. The number of benzene rings is 1. The van der Waals surface area contributed by atoms with E-state index < -0.39 is 0 Å². The van der Waals surface area contributed by atoms with Gasteiger partial charge in [-0.05, 0) is 55.2 Å². The fraction of sp³-hybridized carbons (Fsp3) is 0.471. The maximum atomic E-state index is 6.25. The van der Waals surface area contributed by atoms with Gasteiger partial charge in [0.15, 0.2) is 5.82 Å². The highest BCUT2D eigenvalue weighted by molar-refractivity contribution is 7.71. The van der Waals surface area contributed by atoms with Crippen molar-refractivity contribution >= 4 is 30.0 Å². The molecule has 1 aromatic carbocycles. The Morgan fingerprint density at radius 1 is 1.38 bits per heavy atom. The minimum absolute atomic E-state index is 0.323. The molecule has 1 aromatic heterocycles. The predicted octanol–water partition coefficient (Wildman–Crippen LogP) is 5.17. The number of hydrogen-bond acceptors (Lipinski definition) is 4. The number of hydrogen-bond donors (Lipinski definition) is 1. The number of nitrogens with one attached hydrogen (secondary N) is 1. The molecule has 0 radical (unpaired) electrons. The third-order valence-corrected chi connectivity index (χ3v) is 4.33. The molecule has 130 valence electrons. The van der Waals surface area contributed by atoms with Crippen molar-refractivity contribution in [1.82, 2.24) is 14.9 Å². The number of nitrogens with zero attached hydrogens (tertiary/aromatic N) is 3. The van der Waals surface area contributed by atoms with Crippen LogP contribution in [0.15, 0.2) is 23.3 Å². The van der Waals surface area contributed by atoms with Crippen molar-refractivity contribution in [3.05, 3.63) is 39.4 Å². The van der Waals surface area contributed by atoms with Crippen LogP contribution in [0.1, 0.15) is 57.3 Å². The second-order valence-electron chi connectivity index (χ2n) is 5.50. The summed E-state index contributed by atoms with van der Waals surface area (Å²) in [6, 6.07) is 5.60. The largest absolute Gasteiger partial charge is 0.492 e. The maximum Gasteiger partial charge on any atom is 0.216 e. The van der Waals surface area contributed by atoms with Crippen LogP contribution in [0.25, 0.3) is 0 Å². The molecule has 7 heteroatoms. The molecule has 0 saturated carbocycles. The average molecular weight is 367 g/mol. The Balaban J connectivity index is 2.24. The molecular weight excluding hydrogens is 344 g/mol. The minimum atomic E-state index is 0.323. The Morgan fingerprint density at radius 2 is 2.12 bits per heavy atom. The van der Waals surface area contributed by atoms with Gasteiger partial charge in [-0.3, -0.25) is 5.10 Å². The topological polar surface area (TPSA) is 55.2 Å². The Labute approximate surface area is 152 Å². The van der Waals surface area contributed by atoms with Gasteiger partial charge in [0.2, 0.25) is 4.77 Å². The van der Waals surface area contributed by atoms with E-state index in [9.17, 15) is 0 Å². The molecule has 0 atom stereocenters. The fourth-order valence-corrected chi connectivity index (χ4v) is 2.81. The van der Waals surface area contributed by atoms with Gasteiger partial charge in [0.1, 0.15) is 5.75 Å². The zero-order chi connectivity index (χ0) is 17.5. The van der Waals surface area contributed by atoms with Gasteiger partial charge in [0.05, 0.1) is 17.8 Å². The van der Waals surface area contributed by atoms with Crippen LogP contribution >= 0.6 is 23.8 Å². The Bertz CT molecular complexity index is 749. The zero-order valence-electron chi connectivity index (χ0n) is 14.3. The van der Waals surface area contributed by atoms with Crippen molar-refractivity contribution in [2.75, 3.05) is 6.61 Å². The standard InChI is InChI=1S/C17H23ClN4OS/c1-4-9-23-15-8-7-12(10-14(15)18)11-19-22-16(13(5-2)6-3)20-21-17(22)24/h7-8,10-11,13H,4-6,9H2,1-3H3,(H,21,24)/b19-11-. The Morgan fingerprint density at radius 3 is 2.75 bits per heavy atom. The van der Waals surface area contributed by atoms with Crippen LogP contribution in [0.2, 0.25) is 5.02 Å². The first-order valence-electron chi connectivity index (χ1n) is 8.24. The first kappa shape index (κ1) is 18.7. The molecule has 0 bridgehead atoms. The lowest BCUT2D eigenvalue weighted by Crippen LogP contribution is -2.05. The molecule has 0 aliphatic rings. The van der Waals surface area contributed by atoms with Gasteiger partial charge in [0, 0.05) is 5.92 Å². The van der Waals surface area contributed by atoms with Crippen molar-refractivity contribution in [2.45, 2.75) is 46.0 Å². The molecule has 5 nitrogen and oxygen atoms in total. The van der Waals surface area contributed by atoms with E-state index in [-0.39, 0.29) is 0 Å². The van der Waals surface area contributed by atoms with Crippen molar-refractivity contribution in [2.24, 2.45) is 5.10 Å². The summed E-state index contributed by atoms with van der Waals surface area (Å²) in [4.78, 5) is 0. The molecule has 24 heavy (non-hydrogen) atoms. The maximum absolute atomic E-state index is 6.25. The molecule has 2 rings (SSSR count). The van der Waals surface area contributed by atoms with Gasteiger partial charge in [-0.15, -0.1) is 0 Å². The average Bonchev–Trinajstić information content (AvgIpc) is 2.94. The minimum Gasteiger partial charge on any atom is -0.492 e. The normalized spacial score (nSPS) is 11.5. The lowest BCUT2D eigenvalue weighted by atomic mass is 10.0. The Kier molecular flexibility index (Phi) is 6.99. The molecule has 2 aromatic rings. The summed E-state index contributed by atoms with van der Waals surface area (Å²) < 4.78 is 7.75. The monoisotopic (exact) mass is 366 g/mol. The van der Waals surface area contributed by atoms with E-state index in [1.807, 2.05) is 18.2 Å². The molecule has 0 unspecified atom stereocenters. The van der Waals surface area contributed by atoms with Crippen molar-refractivity contribution in [3.8, 4) is 5.75 Å². The van der Waals surface area contributed by atoms with Gasteiger partial charge < -0.3 is 4.74 Å². The summed E-state index contributed by atoms with van der Waals surface area (Å²) in [6.07, 6.45) is 4.64. The van der Waals surface area contributed by atoms with E-state index in [2.05, 4.69) is 36.1 Å². The van der Waals surface area contributed by atoms with E-state index in [4.69, 9.17) is 28.6 Å². The highest BCUT2D eigenvalue weighted by Gasteiger charge is 2.15. The van der Waals surface area contributed by atoms with Crippen LogP contribution in [0.3, 0.4) is 0 Å². The van der Waals surface area contributed by atoms with Crippen LogP contribution in [-0.4, -0.2) is 27.7 Å². The molecule has 0 aliphatic carbocycles. The molecular formula is C17H23ClN4OS. The molecule has 0 saturated heterocycles. The summed E-state index contributed by atoms with van der Waals surface area (Å²) in [5.41, 5.74) is 0.877. The molecule has 0 spiro atoms. The van der Waals surface area contributed by atoms with Crippen LogP contribution in [0.4, 0.5) is 0 Å². The highest BCUT2D eigenvalue weighted by Crippen LogP contribution is 2.25. The van der Waals surface area contributed by atoms with Gasteiger partial charge in [-0.2, -0.15) is 14.9 Å². The first-order valence-corrected chi connectivity index (χ1v) is 9.03. The summed E-state index contributed by atoms with van der Waals surface area (Å²) in [5, 5.41) is 12.2. The second kappa shape index (κ2) is 8.99. The number of ether oxygens (including phenoxy) is 1. The SMILES string of the molecule is CCCOc1ccc(/C=N\n2c(C(CC)CC)n[nH]c2=S)cc1Cl. The van der Waals surface area contributed by atoms with Crippen LogP contribution in [0, 0.1) is 4.77 Å². The van der Waals surface area contributed by atoms with E-state index in [0.29, 0.717) is 28.1 Å². The molecule has 0 fully saturated rings. The van der Waals surface area contributed by atoms with Crippen molar-refractivity contribution in [1.29, 1.82) is 0 Å². The molecule has 1 heterocycles. The number of halogens is 1. The van der Waals surface area contributed by atoms with Crippen molar-refractivity contribution < 1.29 is 4.74 Å². The number of aromatic nitrogens is 3. The van der Waals surface area contributed by atoms with Crippen LogP contribution in [0.5, 0.6) is 5.75 Å². The van der Waals surface area contributed by atoms with E-state index >= 15 is 0 Å². The third kappa shape index (κ3) is 4.45. The number of rotatable bonds is 8. The lowest BCUT2D eigenvalue weighted by molar-refractivity contribution is 0.317. The summed E-state index contributed by atoms with van der Waals surface area (Å²) in [5.74, 6) is 1.87. The summed E-state index contributed by atoms with van der Waals surface area (Å²) in [6.45, 7) is 6.97. The van der Waals surface area contributed by atoms with E-state index in [1.54, 1.807) is 10.9 Å². The lowest BCUT2D eigenvalue weighted by Gasteiger charge is -2.10. The second-order valence-corrected chi connectivity index (χ2v) is 6.29. The molecule has 1 N–H and O–H groups in total. The van der Waals surface area contributed by atoms with E-state index in [0.717, 1.165) is 30.7 Å². The Hall–Kier alpha value is -1.66. The summed E-state index contributed by atoms with van der Waals surface area (Å²) in [7, 11) is 0.